The average molecular weight is 353 g/mol. The molecule has 2 aromatic carbocycles. The Labute approximate surface area is 152 Å². The molecule has 0 aromatic heterocycles. The van der Waals surface area contributed by atoms with Crippen LogP contribution in [0.5, 0.6) is 5.75 Å². The molecule has 2 aromatic rings. The molecule has 0 heterocycles. The van der Waals surface area contributed by atoms with Gasteiger partial charge in [-0.2, -0.15) is 5.26 Å². The predicted molar refractivity (Wildman–Crippen MR) is 101 cm³/mol. The van der Waals surface area contributed by atoms with Gasteiger partial charge in [-0.25, -0.2) is 0 Å². The topological polar surface area (TPSA) is 62.1 Å². The van der Waals surface area contributed by atoms with Crippen LogP contribution in [0.1, 0.15) is 11.1 Å². The highest BCUT2D eigenvalue weighted by atomic mass is 35.5. The first-order valence-corrected chi connectivity index (χ1v) is 7.92. The van der Waals surface area contributed by atoms with E-state index in [1.54, 1.807) is 37.5 Å². The second-order valence-corrected chi connectivity index (χ2v) is 5.64. The summed E-state index contributed by atoms with van der Waals surface area (Å²) >= 11 is 5.94. The number of hydrogen-bond donors (Lipinski definition) is 1. The second kappa shape index (κ2) is 8.72. The van der Waals surface area contributed by atoms with Gasteiger partial charge >= 0.3 is 0 Å². The van der Waals surface area contributed by atoms with E-state index in [-0.39, 0.29) is 5.57 Å². The van der Waals surface area contributed by atoms with Crippen LogP contribution in [0.25, 0.3) is 6.08 Å². The fourth-order valence-electron chi connectivity index (χ4n) is 2.13. The zero-order valence-corrected chi connectivity index (χ0v) is 14.7. The van der Waals surface area contributed by atoms with Crippen LogP contribution in [0.2, 0.25) is 5.02 Å². The van der Waals surface area contributed by atoms with Crippen molar-refractivity contribution in [1.82, 2.24) is 0 Å². The van der Waals surface area contributed by atoms with E-state index in [0.717, 1.165) is 11.1 Å². The lowest BCUT2D eigenvalue weighted by Gasteiger charge is -2.07. The van der Waals surface area contributed by atoms with Gasteiger partial charge in [-0.3, -0.25) is 4.79 Å². The average Bonchev–Trinajstić information content (AvgIpc) is 2.62. The highest BCUT2D eigenvalue weighted by Crippen LogP contribution is 2.21. The quantitative estimate of drug-likeness (QED) is 0.479. The molecule has 1 amide bonds. The summed E-state index contributed by atoms with van der Waals surface area (Å²) in [7, 11) is 1.59. The number of amides is 1. The van der Waals surface area contributed by atoms with Crippen molar-refractivity contribution in [3.63, 3.8) is 0 Å². The third-order valence-corrected chi connectivity index (χ3v) is 3.73. The maximum absolute atomic E-state index is 12.3. The first-order chi connectivity index (χ1) is 12.0. The fraction of sp³-hybridized carbons (Fsp3) is 0.100. The van der Waals surface area contributed by atoms with Crippen LogP contribution in [-0.4, -0.2) is 13.0 Å². The molecule has 0 saturated carbocycles. The summed E-state index contributed by atoms with van der Waals surface area (Å²) in [6.45, 7) is 1.85. The van der Waals surface area contributed by atoms with Gasteiger partial charge in [-0.05, 0) is 36.8 Å². The molecule has 0 spiro atoms. The Kier molecular flexibility index (Phi) is 6.39. The van der Waals surface area contributed by atoms with Crippen molar-refractivity contribution < 1.29 is 9.53 Å². The molecule has 25 heavy (non-hydrogen) atoms. The normalized spacial score (nSPS) is 11.2. The maximum atomic E-state index is 12.3. The molecule has 0 aliphatic carbocycles. The molecule has 0 saturated heterocycles. The number of nitrogens with one attached hydrogen (secondary N) is 1. The zero-order valence-electron chi connectivity index (χ0n) is 13.9. The van der Waals surface area contributed by atoms with Gasteiger partial charge in [0.1, 0.15) is 17.4 Å². The van der Waals surface area contributed by atoms with Gasteiger partial charge < -0.3 is 10.1 Å². The molecular weight excluding hydrogens is 336 g/mol. The predicted octanol–water partition coefficient (Wildman–Crippen LogP) is 4.76. The maximum Gasteiger partial charge on any atom is 0.266 e. The lowest BCUT2D eigenvalue weighted by Crippen LogP contribution is -2.14. The smallest absolute Gasteiger partial charge is 0.266 e. The summed E-state index contributed by atoms with van der Waals surface area (Å²) in [4.78, 5) is 12.3. The van der Waals surface area contributed by atoms with E-state index in [2.05, 4.69) is 5.32 Å². The molecule has 0 unspecified atom stereocenters. The van der Waals surface area contributed by atoms with Gasteiger partial charge in [0, 0.05) is 16.3 Å². The Balaban J connectivity index is 2.17. The van der Waals surface area contributed by atoms with E-state index < -0.39 is 5.91 Å². The van der Waals surface area contributed by atoms with E-state index in [1.807, 2.05) is 37.3 Å². The monoisotopic (exact) mass is 352 g/mol. The number of para-hydroxylation sites is 1. The Morgan fingerprint density at radius 1 is 1.28 bits per heavy atom. The number of anilines is 1. The number of rotatable bonds is 5. The zero-order chi connectivity index (χ0) is 18.2. The lowest BCUT2D eigenvalue weighted by atomic mass is 10.1. The van der Waals surface area contributed by atoms with Crippen molar-refractivity contribution in [1.29, 1.82) is 5.26 Å². The van der Waals surface area contributed by atoms with E-state index in [9.17, 15) is 10.1 Å². The number of hydrogen-bond acceptors (Lipinski definition) is 3. The van der Waals surface area contributed by atoms with Crippen LogP contribution in [0.4, 0.5) is 5.69 Å². The van der Waals surface area contributed by atoms with Gasteiger partial charge in [0.25, 0.3) is 5.91 Å². The number of aryl methyl sites for hydroxylation is 1. The van der Waals surface area contributed by atoms with Crippen molar-refractivity contribution >= 4 is 29.3 Å². The summed E-state index contributed by atoms with van der Waals surface area (Å²) in [6, 6.07) is 14.6. The number of halogens is 1. The number of methoxy groups -OCH3 is 1. The first kappa shape index (κ1) is 18.3. The molecule has 1 N–H and O–H groups in total. The number of allylic oxidation sites excluding steroid dienone is 2. The Morgan fingerprint density at radius 3 is 2.76 bits per heavy atom. The number of benzene rings is 2. The Morgan fingerprint density at radius 2 is 2.04 bits per heavy atom. The van der Waals surface area contributed by atoms with Crippen LogP contribution in [0.3, 0.4) is 0 Å². The van der Waals surface area contributed by atoms with E-state index in [4.69, 9.17) is 16.3 Å². The number of carbonyl (C=O) groups excluding carboxylic acids is 1. The molecule has 126 valence electrons. The third kappa shape index (κ3) is 4.97. The van der Waals surface area contributed by atoms with E-state index >= 15 is 0 Å². The van der Waals surface area contributed by atoms with Crippen molar-refractivity contribution in [2.24, 2.45) is 0 Å². The summed E-state index contributed by atoms with van der Waals surface area (Å²) < 4.78 is 5.25. The Bertz CT molecular complexity index is 880. The molecule has 0 aliphatic heterocycles. The SMILES string of the molecule is COc1ccccc1/C=C/C=C(\C#N)C(=O)Nc1cc(Cl)ccc1C. The number of carbonyl (C=O) groups is 1. The van der Waals surface area contributed by atoms with Crippen molar-refractivity contribution in [2.75, 3.05) is 12.4 Å². The van der Waals surface area contributed by atoms with Gasteiger partial charge in [-0.15, -0.1) is 0 Å². The van der Waals surface area contributed by atoms with Crippen LogP contribution in [0.15, 0.2) is 60.2 Å². The number of nitriles is 1. The first-order valence-electron chi connectivity index (χ1n) is 7.54. The van der Waals surface area contributed by atoms with E-state index in [1.165, 1.54) is 6.08 Å². The van der Waals surface area contributed by atoms with Crippen molar-refractivity contribution in [3.05, 3.63) is 76.3 Å². The summed E-state index contributed by atoms with van der Waals surface area (Å²) in [5.41, 5.74) is 2.28. The molecule has 4 nitrogen and oxygen atoms in total. The molecule has 0 fully saturated rings. The van der Waals surface area contributed by atoms with Crippen LogP contribution < -0.4 is 10.1 Å². The minimum Gasteiger partial charge on any atom is -0.496 e. The molecule has 0 radical (unpaired) electrons. The van der Waals surface area contributed by atoms with Crippen LogP contribution in [-0.2, 0) is 4.79 Å². The van der Waals surface area contributed by atoms with Gasteiger partial charge in [0.05, 0.1) is 7.11 Å². The highest BCUT2D eigenvalue weighted by molar-refractivity contribution is 6.31. The highest BCUT2D eigenvalue weighted by Gasteiger charge is 2.10. The summed E-state index contributed by atoms with van der Waals surface area (Å²) in [5, 5.41) is 12.4. The number of nitrogens with zero attached hydrogens (tertiary/aromatic N) is 1. The summed E-state index contributed by atoms with van der Waals surface area (Å²) in [5.74, 6) is 0.224. The van der Waals surface area contributed by atoms with E-state index in [0.29, 0.717) is 16.5 Å². The van der Waals surface area contributed by atoms with Crippen LogP contribution in [0, 0.1) is 18.3 Å². The molecule has 0 bridgehead atoms. The van der Waals surface area contributed by atoms with Crippen molar-refractivity contribution in [3.8, 4) is 11.8 Å². The second-order valence-electron chi connectivity index (χ2n) is 5.21. The fourth-order valence-corrected chi connectivity index (χ4v) is 2.31. The summed E-state index contributed by atoms with van der Waals surface area (Å²) in [6.07, 6.45) is 4.87. The van der Waals surface area contributed by atoms with Crippen molar-refractivity contribution in [2.45, 2.75) is 6.92 Å². The molecule has 0 atom stereocenters. The van der Waals surface area contributed by atoms with Gasteiger partial charge in [0.15, 0.2) is 0 Å². The molecule has 2 rings (SSSR count). The third-order valence-electron chi connectivity index (χ3n) is 3.49. The Hall–Kier alpha value is -3.03. The molecule has 5 heteroatoms. The standard InChI is InChI=1S/C20H17ClN2O2/c1-14-10-11-17(21)12-18(14)23-20(24)16(13-22)8-5-7-15-6-3-4-9-19(15)25-2/h3-12H,1-2H3,(H,23,24)/b7-5+,16-8+. The van der Waals surface area contributed by atoms with Crippen LogP contribution >= 0.6 is 11.6 Å². The lowest BCUT2D eigenvalue weighted by molar-refractivity contribution is -0.112. The molecule has 0 aliphatic rings. The number of ether oxygens (including phenoxy) is 1. The van der Waals surface area contributed by atoms with Gasteiger partial charge in [-0.1, -0.05) is 48.0 Å². The van der Waals surface area contributed by atoms with Gasteiger partial charge in [0.2, 0.25) is 0 Å². The minimum atomic E-state index is -0.488. The minimum absolute atomic E-state index is 0.00877. The largest absolute Gasteiger partial charge is 0.496 e. The molecular formula is C20H17ClN2O2.